The van der Waals surface area contributed by atoms with Crippen LogP contribution < -0.4 is 15.6 Å². The summed E-state index contributed by atoms with van der Waals surface area (Å²) in [6, 6.07) is 14.5. The molecule has 0 saturated carbocycles. The van der Waals surface area contributed by atoms with E-state index in [2.05, 4.69) is 22.1 Å². The Kier molecular flexibility index (Phi) is 7.75. The number of aromatic amines is 1. The van der Waals surface area contributed by atoms with Crippen molar-refractivity contribution in [3.8, 4) is 5.75 Å². The van der Waals surface area contributed by atoms with E-state index in [1.807, 2.05) is 31.2 Å². The van der Waals surface area contributed by atoms with Crippen molar-refractivity contribution in [2.75, 3.05) is 31.6 Å². The third kappa shape index (κ3) is 5.72. The molecule has 1 atom stereocenters. The zero-order valence-electron chi connectivity index (χ0n) is 19.6. The van der Waals surface area contributed by atoms with Crippen molar-refractivity contribution >= 4 is 34.2 Å². The van der Waals surface area contributed by atoms with Gasteiger partial charge in [0, 0.05) is 39.8 Å². The lowest BCUT2D eigenvalue weighted by Gasteiger charge is -2.30. The number of fused-ring (bicyclic) bond motifs is 1. The number of urea groups is 1. The molecule has 1 fully saturated rings. The smallest absolute Gasteiger partial charge is 0.322 e. The van der Waals surface area contributed by atoms with Crippen LogP contribution in [-0.2, 0) is 6.54 Å². The van der Waals surface area contributed by atoms with E-state index in [1.54, 1.807) is 29.2 Å². The van der Waals surface area contributed by atoms with Gasteiger partial charge in [-0.1, -0.05) is 18.5 Å². The minimum Gasteiger partial charge on any atom is -0.494 e. The second kappa shape index (κ2) is 10.9. The number of aromatic nitrogens is 1. The molecule has 0 radical (unpaired) electrons. The third-order valence-electron chi connectivity index (χ3n) is 6.28. The van der Waals surface area contributed by atoms with Crippen molar-refractivity contribution in [2.24, 2.45) is 0 Å². The molecule has 1 aliphatic rings. The largest absolute Gasteiger partial charge is 0.494 e. The number of ether oxygens (including phenoxy) is 1. The summed E-state index contributed by atoms with van der Waals surface area (Å²) in [5.41, 5.74) is 1.74. The SMILES string of the molecule is CCOc1ccc2[nH]c(=O)c(CN(CC3CCCN3CC)C(=O)Nc3ccc(Cl)cc3)cc2c1. The van der Waals surface area contributed by atoms with E-state index in [0.717, 1.165) is 42.6 Å². The van der Waals surface area contributed by atoms with Crippen LogP contribution in [0, 0.1) is 0 Å². The topological polar surface area (TPSA) is 77.7 Å². The summed E-state index contributed by atoms with van der Waals surface area (Å²) in [6.45, 7) is 7.36. The highest BCUT2D eigenvalue weighted by molar-refractivity contribution is 6.30. The van der Waals surface area contributed by atoms with Crippen LogP contribution in [-0.4, -0.2) is 53.1 Å². The Balaban J connectivity index is 1.61. The normalized spacial score (nSPS) is 16.0. The van der Waals surface area contributed by atoms with Crippen molar-refractivity contribution in [2.45, 2.75) is 39.3 Å². The number of hydrogen-bond donors (Lipinski definition) is 2. The number of likely N-dealkylation sites (N-methyl/N-ethyl adjacent to an activating group) is 1. The van der Waals surface area contributed by atoms with Crippen LogP contribution in [0.15, 0.2) is 53.3 Å². The third-order valence-corrected chi connectivity index (χ3v) is 6.54. The van der Waals surface area contributed by atoms with Gasteiger partial charge >= 0.3 is 6.03 Å². The number of amides is 2. The van der Waals surface area contributed by atoms with E-state index in [9.17, 15) is 9.59 Å². The highest BCUT2D eigenvalue weighted by Crippen LogP contribution is 2.22. The molecule has 0 spiro atoms. The number of carbonyl (C=O) groups is 1. The fourth-order valence-corrected chi connectivity index (χ4v) is 4.66. The number of nitrogens with one attached hydrogen (secondary N) is 2. The van der Waals surface area contributed by atoms with Gasteiger partial charge in [0.15, 0.2) is 0 Å². The molecule has 34 heavy (non-hydrogen) atoms. The molecular weight excluding hydrogens is 452 g/mol. The number of hydrogen-bond acceptors (Lipinski definition) is 4. The molecule has 180 valence electrons. The van der Waals surface area contributed by atoms with Crippen molar-refractivity contribution in [1.29, 1.82) is 0 Å². The highest BCUT2D eigenvalue weighted by atomic mass is 35.5. The lowest BCUT2D eigenvalue weighted by Crippen LogP contribution is -2.45. The number of anilines is 1. The summed E-state index contributed by atoms with van der Waals surface area (Å²) in [4.78, 5) is 33.3. The standard InChI is InChI=1S/C26H31ClN4O3/c1-3-30-13-5-6-22(30)17-31(26(33)28-21-9-7-20(27)8-10-21)16-19-14-18-15-23(34-4-2)11-12-24(18)29-25(19)32/h7-12,14-15,22H,3-6,13,16-17H2,1-2H3,(H,28,33)(H,29,32). The molecule has 7 nitrogen and oxygen atoms in total. The Labute approximate surface area is 204 Å². The summed E-state index contributed by atoms with van der Waals surface area (Å²) in [7, 11) is 0. The maximum absolute atomic E-state index is 13.3. The molecule has 1 unspecified atom stereocenters. The molecule has 1 aromatic heterocycles. The van der Waals surface area contributed by atoms with Gasteiger partial charge in [-0.15, -0.1) is 0 Å². The van der Waals surface area contributed by atoms with Gasteiger partial charge in [0.1, 0.15) is 5.75 Å². The van der Waals surface area contributed by atoms with E-state index in [4.69, 9.17) is 16.3 Å². The Bertz CT molecular complexity index is 1190. The predicted molar refractivity (Wildman–Crippen MR) is 137 cm³/mol. The Morgan fingerprint density at radius 3 is 2.74 bits per heavy atom. The Morgan fingerprint density at radius 1 is 1.21 bits per heavy atom. The molecule has 2 heterocycles. The number of benzene rings is 2. The maximum atomic E-state index is 13.3. The molecule has 1 saturated heterocycles. The van der Waals surface area contributed by atoms with E-state index >= 15 is 0 Å². The highest BCUT2D eigenvalue weighted by Gasteiger charge is 2.28. The number of pyridine rings is 1. The minimum absolute atomic E-state index is 0.195. The fraction of sp³-hybridized carbons (Fsp3) is 0.385. The van der Waals surface area contributed by atoms with Crippen LogP contribution in [0.25, 0.3) is 10.9 Å². The molecule has 8 heteroatoms. The van der Waals surface area contributed by atoms with Gasteiger partial charge in [-0.25, -0.2) is 4.79 Å². The zero-order chi connectivity index (χ0) is 24.1. The van der Waals surface area contributed by atoms with Crippen LogP contribution in [0.1, 0.15) is 32.3 Å². The molecule has 2 aromatic carbocycles. The number of carbonyl (C=O) groups excluding carboxylic acids is 1. The first-order chi connectivity index (χ1) is 16.5. The molecule has 4 rings (SSSR count). The Morgan fingerprint density at radius 2 is 2.00 bits per heavy atom. The second-order valence-electron chi connectivity index (χ2n) is 8.55. The Hall–Kier alpha value is -3.03. The molecule has 1 aliphatic heterocycles. The van der Waals surface area contributed by atoms with Gasteiger partial charge < -0.3 is 19.9 Å². The van der Waals surface area contributed by atoms with Crippen molar-refractivity contribution in [3.63, 3.8) is 0 Å². The first kappa shape index (κ1) is 24.1. The zero-order valence-corrected chi connectivity index (χ0v) is 20.4. The van der Waals surface area contributed by atoms with Crippen LogP contribution in [0.4, 0.5) is 10.5 Å². The summed E-state index contributed by atoms with van der Waals surface area (Å²) >= 11 is 5.98. The molecule has 0 bridgehead atoms. The number of likely N-dealkylation sites (tertiary alicyclic amines) is 1. The van der Waals surface area contributed by atoms with Crippen molar-refractivity contribution in [1.82, 2.24) is 14.8 Å². The predicted octanol–water partition coefficient (Wildman–Crippen LogP) is 5.10. The maximum Gasteiger partial charge on any atom is 0.322 e. The van der Waals surface area contributed by atoms with E-state index in [-0.39, 0.29) is 24.2 Å². The summed E-state index contributed by atoms with van der Waals surface area (Å²) in [5.74, 6) is 0.745. The van der Waals surface area contributed by atoms with Crippen LogP contribution in [0.5, 0.6) is 5.75 Å². The fourth-order valence-electron chi connectivity index (χ4n) is 4.54. The summed E-state index contributed by atoms with van der Waals surface area (Å²) < 4.78 is 5.61. The number of H-pyrrole nitrogens is 1. The first-order valence-corrected chi connectivity index (χ1v) is 12.2. The molecule has 2 N–H and O–H groups in total. The number of halogens is 1. The molecule has 2 amide bonds. The van der Waals surface area contributed by atoms with E-state index < -0.39 is 0 Å². The van der Waals surface area contributed by atoms with E-state index in [1.165, 1.54) is 0 Å². The number of nitrogens with zero attached hydrogens (tertiary/aromatic N) is 2. The van der Waals surface area contributed by atoms with Crippen LogP contribution in [0.3, 0.4) is 0 Å². The molecule has 3 aromatic rings. The van der Waals surface area contributed by atoms with Gasteiger partial charge in [-0.2, -0.15) is 0 Å². The minimum atomic E-state index is -0.243. The lowest BCUT2D eigenvalue weighted by molar-refractivity contribution is 0.174. The second-order valence-corrected chi connectivity index (χ2v) is 8.98. The van der Waals surface area contributed by atoms with Gasteiger partial charge in [-0.05, 0) is 81.4 Å². The number of rotatable bonds is 8. The van der Waals surface area contributed by atoms with Crippen molar-refractivity contribution in [3.05, 3.63) is 69.5 Å². The van der Waals surface area contributed by atoms with Crippen LogP contribution >= 0.6 is 11.6 Å². The average Bonchev–Trinajstić information content (AvgIpc) is 3.28. The van der Waals surface area contributed by atoms with Crippen LogP contribution in [0.2, 0.25) is 5.02 Å². The average molecular weight is 483 g/mol. The summed E-state index contributed by atoms with van der Waals surface area (Å²) in [5, 5.41) is 4.43. The van der Waals surface area contributed by atoms with Crippen molar-refractivity contribution < 1.29 is 9.53 Å². The van der Waals surface area contributed by atoms with E-state index in [0.29, 0.717) is 29.4 Å². The molecule has 0 aliphatic carbocycles. The quantitative estimate of drug-likeness (QED) is 0.468. The monoisotopic (exact) mass is 482 g/mol. The summed E-state index contributed by atoms with van der Waals surface area (Å²) in [6.07, 6.45) is 2.15. The molecular formula is C26H31ClN4O3. The first-order valence-electron chi connectivity index (χ1n) is 11.8. The van der Waals surface area contributed by atoms with Gasteiger partial charge in [0.2, 0.25) is 0 Å². The van der Waals surface area contributed by atoms with Gasteiger partial charge in [-0.3, -0.25) is 9.69 Å². The van der Waals surface area contributed by atoms with Gasteiger partial charge in [0.25, 0.3) is 5.56 Å². The lowest BCUT2D eigenvalue weighted by atomic mass is 10.1. The van der Waals surface area contributed by atoms with Gasteiger partial charge in [0.05, 0.1) is 13.2 Å².